The maximum atomic E-state index is 11.4. The summed E-state index contributed by atoms with van der Waals surface area (Å²) in [6.07, 6.45) is 1.95. The quantitative estimate of drug-likeness (QED) is 0.195. The Labute approximate surface area is 170 Å². The van der Waals surface area contributed by atoms with Crippen molar-refractivity contribution in [3.8, 4) is 0 Å². The molecule has 10 heteroatoms. The monoisotopic (exact) mass is 466 g/mol. The zero-order valence-corrected chi connectivity index (χ0v) is 17.8. The van der Waals surface area contributed by atoms with Crippen LogP contribution in [0.3, 0.4) is 0 Å². The second kappa shape index (κ2) is 12.6. The maximum Gasteiger partial charge on any atom is 0.293 e. The molecule has 0 spiro atoms. The Hall–Kier alpha value is -2.84. The van der Waals surface area contributed by atoms with Crippen molar-refractivity contribution in [2.75, 3.05) is 11.9 Å². The number of H-pyrrole nitrogens is 1. The van der Waals surface area contributed by atoms with Crippen molar-refractivity contribution < 1.29 is 31.3 Å². The molecular formula is C19H23AsN2O7. The topological polar surface area (TPSA) is 138 Å². The molecule has 0 aliphatic carbocycles. The van der Waals surface area contributed by atoms with Crippen molar-refractivity contribution in [3.05, 3.63) is 60.8 Å². The third-order valence-corrected chi connectivity index (χ3v) is 5.89. The number of hydrogen-bond acceptors (Lipinski definition) is 6. The van der Waals surface area contributed by atoms with E-state index in [1.54, 1.807) is 13.0 Å². The summed E-state index contributed by atoms with van der Waals surface area (Å²) in [7, 11) is 0. The molecule has 1 heterocycles. The average molecular weight is 466 g/mol. The summed E-state index contributed by atoms with van der Waals surface area (Å²) in [6, 6.07) is 16.1. The van der Waals surface area contributed by atoms with Crippen LogP contribution in [-0.2, 0) is 21.9 Å². The van der Waals surface area contributed by atoms with Gasteiger partial charge in [0.1, 0.15) is 0 Å². The Bertz CT molecular complexity index is 928. The van der Waals surface area contributed by atoms with Crippen LogP contribution in [0.4, 0.5) is 5.69 Å². The first-order valence-electron chi connectivity index (χ1n) is 8.46. The first kappa shape index (κ1) is 24.2. The van der Waals surface area contributed by atoms with E-state index in [4.69, 9.17) is 5.26 Å². The van der Waals surface area contributed by atoms with Crippen LogP contribution >= 0.6 is 0 Å². The second-order valence-corrected chi connectivity index (χ2v) is 8.95. The minimum absolute atomic E-state index is 0.103. The Kier molecular flexibility index (Phi) is 10.5. The molecule has 3 rings (SSSR count). The molecule has 29 heavy (non-hydrogen) atoms. The number of ether oxygens (including phenoxy) is 1. The first-order valence-corrected chi connectivity index (χ1v) is 11.8. The van der Waals surface area contributed by atoms with Crippen LogP contribution < -0.4 is 9.67 Å². The molecule has 0 aliphatic heterocycles. The van der Waals surface area contributed by atoms with Crippen LogP contribution in [0.25, 0.3) is 10.9 Å². The van der Waals surface area contributed by atoms with E-state index in [1.165, 1.54) is 36.0 Å². The summed E-state index contributed by atoms with van der Waals surface area (Å²) in [5.74, 6) is -0.379. The standard InChI is InChI=1S/C8H10AsNO5.C8H7N.C3H6O2/c1-6(11)10-8-5-3-2-4-7(8)9(12,13)15-14;1-2-4-8-7(3-1)5-6-9-8;1-2-5-3-4/h2-5,14H,1H3,(H,10,11)(H,12,13);1-6,9H;3H,2H2,1H3. The van der Waals surface area contributed by atoms with Crippen molar-refractivity contribution in [1.82, 2.24) is 4.98 Å². The molecule has 156 valence electrons. The molecule has 0 saturated heterocycles. The molecule has 1 atom stereocenters. The fourth-order valence-electron chi connectivity index (χ4n) is 2.12. The van der Waals surface area contributed by atoms with Gasteiger partial charge in [0, 0.05) is 11.7 Å². The van der Waals surface area contributed by atoms with Gasteiger partial charge in [0.15, 0.2) is 0 Å². The van der Waals surface area contributed by atoms with Gasteiger partial charge in [-0.25, -0.2) is 0 Å². The van der Waals surface area contributed by atoms with E-state index in [0.717, 1.165) is 0 Å². The van der Waals surface area contributed by atoms with Crippen LogP contribution in [0.15, 0.2) is 60.8 Å². The van der Waals surface area contributed by atoms with Gasteiger partial charge in [-0.1, -0.05) is 18.2 Å². The van der Waals surface area contributed by atoms with Gasteiger partial charge >= 0.3 is 88.4 Å². The van der Waals surface area contributed by atoms with Crippen LogP contribution in [0.5, 0.6) is 0 Å². The van der Waals surface area contributed by atoms with Crippen LogP contribution in [-0.4, -0.2) is 47.5 Å². The normalized spacial score (nSPS) is 11.7. The van der Waals surface area contributed by atoms with Gasteiger partial charge in [-0.05, 0) is 24.4 Å². The molecule has 1 aromatic heterocycles. The van der Waals surface area contributed by atoms with E-state index in [2.05, 4.69) is 37.1 Å². The van der Waals surface area contributed by atoms with E-state index in [-0.39, 0.29) is 15.9 Å². The molecule has 9 nitrogen and oxygen atoms in total. The van der Waals surface area contributed by atoms with Crippen LogP contribution in [0.2, 0.25) is 0 Å². The van der Waals surface area contributed by atoms with Gasteiger partial charge in [-0.3, -0.25) is 4.79 Å². The van der Waals surface area contributed by atoms with Crippen molar-refractivity contribution in [3.63, 3.8) is 0 Å². The molecular weight excluding hydrogens is 443 g/mol. The minimum atomic E-state index is -4.92. The number of fused-ring (bicyclic) bond motifs is 1. The van der Waals surface area contributed by atoms with E-state index in [0.29, 0.717) is 13.1 Å². The summed E-state index contributed by atoms with van der Waals surface area (Å²) in [5.41, 5.74) is 1.36. The van der Waals surface area contributed by atoms with E-state index in [9.17, 15) is 17.4 Å². The van der Waals surface area contributed by atoms with Gasteiger partial charge < -0.3 is 9.72 Å². The summed E-state index contributed by atoms with van der Waals surface area (Å²) in [5, 5.41) is 11.9. The Morgan fingerprint density at radius 1 is 1.17 bits per heavy atom. The number of benzene rings is 2. The smallest absolute Gasteiger partial charge is 0.293 e. The minimum Gasteiger partial charge on any atom is -0.468 e. The van der Waals surface area contributed by atoms with Crippen molar-refractivity contribution in [2.45, 2.75) is 13.8 Å². The number of nitrogens with one attached hydrogen (secondary N) is 2. The third-order valence-electron chi connectivity index (χ3n) is 3.33. The number of rotatable bonds is 5. The molecule has 0 radical (unpaired) electrons. The summed E-state index contributed by atoms with van der Waals surface area (Å²) in [4.78, 5) is 23.1. The first-order chi connectivity index (χ1) is 13.9. The predicted molar refractivity (Wildman–Crippen MR) is 109 cm³/mol. The fraction of sp³-hybridized carbons (Fsp3) is 0.158. The van der Waals surface area contributed by atoms with E-state index in [1.807, 2.05) is 18.3 Å². The van der Waals surface area contributed by atoms with Crippen molar-refractivity contribution in [2.24, 2.45) is 0 Å². The molecule has 1 unspecified atom stereocenters. The van der Waals surface area contributed by atoms with Crippen molar-refractivity contribution in [1.29, 1.82) is 0 Å². The molecule has 0 saturated carbocycles. The molecule has 0 fully saturated rings. The van der Waals surface area contributed by atoms with Crippen LogP contribution in [0, 0.1) is 0 Å². The number of carbonyl (C=O) groups excluding carboxylic acids is 2. The maximum absolute atomic E-state index is 11.4. The number of anilines is 1. The van der Waals surface area contributed by atoms with Gasteiger partial charge in [-0.15, -0.1) is 0 Å². The number of hydrogen-bond donors (Lipinski definition) is 4. The molecule has 3 aromatic rings. The number of para-hydroxylation sites is 2. The number of amides is 1. The Morgan fingerprint density at radius 3 is 2.38 bits per heavy atom. The zero-order valence-electron chi connectivity index (χ0n) is 15.9. The second-order valence-electron chi connectivity index (χ2n) is 5.42. The number of aromatic nitrogens is 1. The largest absolute Gasteiger partial charge is 0.468 e. The molecule has 4 N–H and O–H groups in total. The van der Waals surface area contributed by atoms with E-state index >= 15 is 0 Å². The van der Waals surface area contributed by atoms with Gasteiger partial charge in [-0.2, -0.15) is 0 Å². The number of aromatic amines is 1. The molecule has 1 amide bonds. The molecule has 2 aromatic carbocycles. The van der Waals surface area contributed by atoms with Crippen molar-refractivity contribution >= 4 is 47.5 Å². The summed E-state index contributed by atoms with van der Waals surface area (Å²) >= 11 is -4.92. The Balaban J connectivity index is 0.000000252. The van der Waals surface area contributed by atoms with Gasteiger partial charge in [0.2, 0.25) is 0 Å². The predicted octanol–water partition coefficient (Wildman–Crippen LogP) is 2.05. The third kappa shape index (κ3) is 8.37. The van der Waals surface area contributed by atoms with Gasteiger partial charge in [0.05, 0.1) is 6.61 Å². The number of carbonyl (C=O) groups is 2. The molecule has 0 aliphatic rings. The SMILES string of the molecule is CC(=O)Nc1ccccc1[As](=O)(O)OO.CCOC=O.c1ccc2[nH]ccc2c1. The van der Waals surface area contributed by atoms with Gasteiger partial charge in [0.25, 0.3) is 6.47 Å². The molecule has 0 bridgehead atoms. The average Bonchev–Trinajstić information content (AvgIpc) is 3.18. The zero-order chi connectivity index (χ0) is 21.7. The Morgan fingerprint density at radius 2 is 1.83 bits per heavy atom. The van der Waals surface area contributed by atoms with E-state index < -0.39 is 14.2 Å². The van der Waals surface area contributed by atoms with Crippen LogP contribution in [0.1, 0.15) is 13.8 Å². The summed E-state index contributed by atoms with van der Waals surface area (Å²) < 4.78 is 28.3. The fourth-order valence-corrected chi connectivity index (χ4v) is 3.80. The summed E-state index contributed by atoms with van der Waals surface area (Å²) in [6.45, 7) is 3.93.